The smallest absolute Gasteiger partial charge is 0.0551 e. The molecule has 2 fully saturated rings. The Morgan fingerprint density at radius 3 is 2.20 bits per heavy atom. The molecule has 1 radical (unpaired) electrons. The van der Waals surface area contributed by atoms with Crippen molar-refractivity contribution in [3.8, 4) is 0 Å². The van der Waals surface area contributed by atoms with E-state index in [1.807, 2.05) is 0 Å². The molecule has 15 heavy (non-hydrogen) atoms. The molecule has 1 saturated carbocycles. The van der Waals surface area contributed by atoms with Gasteiger partial charge in [-0.15, -0.1) is 0 Å². The predicted octanol–water partition coefficient (Wildman–Crippen LogP) is 3.25. The monoisotopic (exact) mass is 209 g/mol. The molecular formula is C13H25N2. The normalized spacial score (nSPS) is 28.0. The molecule has 2 aliphatic rings. The first-order valence-electron chi connectivity index (χ1n) is 6.82. The van der Waals surface area contributed by atoms with Gasteiger partial charge in [0.2, 0.25) is 0 Å². The minimum atomic E-state index is 1.18. The minimum absolute atomic E-state index is 1.18. The Kier molecular flexibility index (Phi) is 4.94. The van der Waals surface area contributed by atoms with Gasteiger partial charge in [0.1, 0.15) is 0 Å². The summed E-state index contributed by atoms with van der Waals surface area (Å²) < 4.78 is 0. The highest BCUT2D eigenvalue weighted by molar-refractivity contribution is 4.89. The molecule has 0 amide bonds. The largest absolute Gasteiger partial charge is 0.255 e. The van der Waals surface area contributed by atoms with Gasteiger partial charge in [-0.25, -0.2) is 5.01 Å². The van der Waals surface area contributed by atoms with Gasteiger partial charge in [0.05, 0.1) is 6.04 Å². The molecule has 2 heteroatoms. The zero-order chi connectivity index (χ0) is 10.3. The molecule has 2 nitrogen and oxygen atoms in total. The third-order valence-electron chi connectivity index (χ3n) is 3.67. The lowest BCUT2D eigenvalue weighted by atomic mass is 9.96. The van der Waals surface area contributed by atoms with Crippen LogP contribution in [-0.2, 0) is 0 Å². The Labute approximate surface area is 94.4 Å². The molecule has 0 unspecified atom stereocenters. The molecular weight excluding hydrogens is 184 g/mol. The summed E-state index contributed by atoms with van der Waals surface area (Å²) in [6.45, 7) is 2.43. The summed E-state index contributed by atoms with van der Waals surface area (Å²) in [5.74, 6) is 0. The van der Waals surface area contributed by atoms with E-state index in [4.69, 9.17) is 0 Å². The summed E-state index contributed by atoms with van der Waals surface area (Å²) in [6, 6.07) is 1.69. The average molecular weight is 209 g/mol. The van der Waals surface area contributed by atoms with Crippen molar-refractivity contribution in [1.29, 1.82) is 0 Å². The Bertz CT molecular complexity index is 154. The van der Waals surface area contributed by atoms with Crippen molar-refractivity contribution < 1.29 is 0 Å². The summed E-state index contributed by atoms with van der Waals surface area (Å²) in [5.41, 5.74) is 3.60. The molecule has 0 aromatic carbocycles. The summed E-state index contributed by atoms with van der Waals surface area (Å²) in [6.07, 6.45) is 14.0. The Morgan fingerprint density at radius 1 is 0.733 bits per heavy atom. The number of hydrogen-bond donors (Lipinski definition) is 1. The highest BCUT2D eigenvalue weighted by Gasteiger charge is 2.20. The van der Waals surface area contributed by atoms with Crippen LogP contribution in [0, 0.1) is 6.04 Å². The van der Waals surface area contributed by atoms with Gasteiger partial charge in [-0.05, 0) is 25.7 Å². The van der Waals surface area contributed by atoms with Crippen LogP contribution < -0.4 is 5.43 Å². The van der Waals surface area contributed by atoms with Crippen LogP contribution in [0.4, 0.5) is 0 Å². The van der Waals surface area contributed by atoms with E-state index in [-0.39, 0.29) is 0 Å². The Hall–Kier alpha value is -0.0800. The van der Waals surface area contributed by atoms with Crippen molar-refractivity contribution in [2.75, 3.05) is 13.1 Å². The van der Waals surface area contributed by atoms with E-state index in [9.17, 15) is 0 Å². The molecule has 1 heterocycles. The van der Waals surface area contributed by atoms with E-state index in [1.165, 1.54) is 77.3 Å². The maximum absolute atomic E-state index is 3.60. The van der Waals surface area contributed by atoms with Gasteiger partial charge in [0, 0.05) is 13.1 Å². The van der Waals surface area contributed by atoms with E-state index >= 15 is 0 Å². The van der Waals surface area contributed by atoms with Crippen molar-refractivity contribution in [3.63, 3.8) is 0 Å². The maximum atomic E-state index is 3.60. The number of hydrazine groups is 1. The Balaban J connectivity index is 1.82. The van der Waals surface area contributed by atoms with Crippen LogP contribution in [0.25, 0.3) is 0 Å². The molecule has 87 valence electrons. The van der Waals surface area contributed by atoms with Crippen molar-refractivity contribution in [2.45, 2.75) is 64.2 Å². The third kappa shape index (κ3) is 3.76. The van der Waals surface area contributed by atoms with Crippen LogP contribution >= 0.6 is 0 Å². The number of rotatable bonds is 1. The average Bonchev–Trinajstić information content (AvgIpc) is 2.45. The molecule has 1 aliphatic carbocycles. The first-order chi connectivity index (χ1) is 7.47. The lowest BCUT2D eigenvalue weighted by Gasteiger charge is -2.31. The maximum Gasteiger partial charge on any atom is 0.0551 e. The van der Waals surface area contributed by atoms with E-state index in [2.05, 4.69) is 10.4 Å². The highest BCUT2D eigenvalue weighted by atomic mass is 15.5. The minimum Gasteiger partial charge on any atom is -0.255 e. The second-order valence-corrected chi connectivity index (χ2v) is 4.95. The zero-order valence-corrected chi connectivity index (χ0v) is 9.93. The zero-order valence-electron chi connectivity index (χ0n) is 9.93. The van der Waals surface area contributed by atoms with Crippen LogP contribution in [-0.4, -0.2) is 18.1 Å². The van der Waals surface area contributed by atoms with Gasteiger partial charge in [-0.2, -0.15) is 0 Å². The summed E-state index contributed by atoms with van der Waals surface area (Å²) in [5, 5.41) is 2.48. The summed E-state index contributed by atoms with van der Waals surface area (Å²) in [4.78, 5) is 0. The van der Waals surface area contributed by atoms with Gasteiger partial charge in [0.15, 0.2) is 0 Å². The van der Waals surface area contributed by atoms with E-state index < -0.39 is 0 Å². The molecule has 0 atom stereocenters. The van der Waals surface area contributed by atoms with Crippen molar-refractivity contribution in [3.05, 3.63) is 6.04 Å². The molecule has 0 aromatic rings. The SMILES string of the molecule is C1CCC[C](N2CCCCCN2)CCC1. The van der Waals surface area contributed by atoms with Crippen molar-refractivity contribution >= 4 is 0 Å². The van der Waals surface area contributed by atoms with Gasteiger partial charge >= 0.3 is 0 Å². The van der Waals surface area contributed by atoms with Crippen molar-refractivity contribution in [1.82, 2.24) is 10.4 Å². The van der Waals surface area contributed by atoms with E-state index in [0.29, 0.717) is 0 Å². The fraction of sp³-hybridized carbons (Fsp3) is 0.923. The van der Waals surface area contributed by atoms with Gasteiger partial charge in [0.25, 0.3) is 0 Å². The van der Waals surface area contributed by atoms with Gasteiger partial charge in [-0.1, -0.05) is 38.5 Å². The predicted molar refractivity (Wildman–Crippen MR) is 64.1 cm³/mol. The molecule has 1 N–H and O–H groups in total. The summed E-state index contributed by atoms with van der Waals surface area (Å²) in [7, 11) is 0. The lowest BCUT2D eigenvalue weighted by Crippen LogP contribution is -2.41. The fourth-order valence-corrected chi connectivity index (χ4v) is 2.72. The van der Waals surface area contributed by atoms with Gasteiger partial charge in [-0.3, -0.25) is 5.43 Å². The molecule has 1 saturated heterocycles. The summed E-state index contributed by atoms with van der Waals surface area (Å²) >= 11 is 0. The topological polar surface area (TPSA) is 15.3 Å². The molecule has 0 aromatic heterocycles. The molecule has 1 aliphatic heterocycles. The quantitative estimate of drug-likeness (QED) is 0.713. The molecule has 2 rings (SSSR count). The van der Waals surface area contributed by atoms with Crippen molar-refractivity contribution in [2.24, 2.45) is 0 Å². The highest BCUT2D eigenvalue weighted by Crippen LogP contribution is 2.26. The van der Waals surface area contributed by atoms with Crippen LogP contribution in [0.2, 0.25) is 0 Å². The van der Waals surface area contributed by atoms with Crippen LogP contribution in [0.15, 0.2) is 0 Å². The number of hydrogen-bond acceptors (Lipinski definition) is 2. The first kappa shape index (κ1) is 11.4. The Morgan fingerprint density at radius 2 is 1.40 bits per heavy atom. The fourth-order valence-electron chi connectivity index (χ4n) is 2.72. The number of nitrogens with one attached hydrogen (secondary N) is 1. The van der Waals surface area contributed by atoms with Crippen LogP contribution in [0.3, 0.4) is 0 Å². The van der Waals surface area contributed by atoms with Gasteiger partial charge < -0.3 is 0 Å². The second-order valence-electron chi connectivity index (χ2n) is 4.95. The third-order valence-corrected chi connectivity index (χ3v) is 3.67. The van der Waals surface area contributed by atoms with Crippen LogP contribution in [0.1, 0.15) is 64.2 Å². The standard InChI is InChI=1S/C13H25N2/c1-2-5-9-13(10-6-3-1)15-12-8-4-7-11-14-15/h14H,1-12H2. The molecule has 0 bridgehead atoms. The van der Waals surface area contributed by atoms with E-state index in [0.717, 1.165) is 0 Å². The second kappa shape index (κ2) is 6.49. The van der Waals surface area contributed by atoms with E-state index in [1.54, 1.807) is 6.04 Å². The number of nitrogens with zero attached hydrogens (tertiary/aromatic N) is 1. The lowest BCUT2D eigenvalue weighted by molar-refractivity contribution is 0.183. The first-order valence-corrected chi connectivity index (χ1v) is 6.82. The van der Waals surface area contributed by atoms with Crippen LogP contribution in [0.5, 0.6) is 0 Å². The molecule has 0 spiro atoms.